The lowest BCUT2D eigenvalue weighted by atomic mass is 10.1. The van der Waals surface area contributed by atoms with Crippen LogP contribution in [0.2, 0.25) is 0 Å². The Morgan fingerprint density at radius 1 is 0.333 bits per heavy atom. The average Bonchev–Trinajstić information content (AvgIpc) is 2.83. The highest BCUT2D eigenvalue weighted by Gasteiger charge is 1.94. The monoisotopic (exact) mass is 462 g/mol. The number of allylic oxidation sites excluding steroid dienone is 4. The van der Waals surface area contributed by atoms with E-state index in [2.05, 4.69) is 38.2 Å². The molecule has 0 saturated heterocycles. The summed E-state index contributed by atoms with van der Waals surface area (Å²) < 4.78 is 5.83. The molecule has 0 bridgehead atoms. The predicted octanol–water partition coefficient (Wildman–Crippen LogP) is 11.5. The molecule has 0 aliphatic carbocycles. The summed E-state index contributed by atoms with van der Waals surface area (Å²) in [7, 11) is 0. The molecule has 0 heterocycles. The lowest BCUT2D eigenvalue weighted by molar-refractivity contribution is 0.125. The summed E-state index contributed by atoms with van der Waals surface area (Å²) in [5, 5.41) is 0. The maximum absolute atomic E-state index is 5.83. The third kappa shape index (κ3) is 31.4. The summed E-state index contributed by atoms with van der Waals surface area (Å²) in [6.45, 7) is 6.52. The van der Waals surface area contributed by atoms with Gasteiger partial charge in [-0.25, -0.2) is 0 Å². The minimum atomic E-state index is 0.978. The maximum Gasteiger partial charge on any atom is 0.0466 e. The van der Waals surface area contributed by atoms with E-state index in [1.165, 1.54) is 154 Å². The van der Waals surface area contributed by atoms with Crippen LogP contribution in [0, 0.1) is 0 Å². The predicted molar refractivity (Wildman–Crippen MR) is 151 cm³/mol. The molecular formula is C32H62O. The molecule has 0 atom stereocenters. The molecule has 0 aromatic carbocycles. The first kappa shape index (κ1) is 32.4. The van der Waals surface area contributed by atoms with E-state index in [-0.39, 0.29) is 0 Å². The van der Waals surface area contributed by atoms with Gasteiger partial charge in [0.15, 0.2) is 0 Å². The van der Waals surface area contributed by atoms with Crippen molar-refractivity contribution in [3.8, 4) is 0 Å². The highest BCUT2D eigenvalue weighted by atomic mass is 16.5. The van der Waals surface area contributed by atoms with Gasteiger partial charge in [-0.05, 0) is 64.2 Å². The Balaban J connectivity index is 3.08. The Morgan fingerprint density at radius 3 is 0.939 bits per heavy atom. The lowest BCUT2D eigenvalue weighted by Gasteiger charge is -2.05. The van der Waals surface area contributed by atoms with E-state index in [0.717, 1.165) is 13.2 Å². The zero-order valence-corrected chi connectivity index (χ0v) is 23.1. The van der Waals surface area contributed by atoms with Crippen molar-refractivity contribution in [1.82, 2.24) is 0 Å². The van der Waals surface area contributed by atoms with Crippen molar-refractivity contribution < 1.29 is 4.74 Å². The van der Waals surface area contributed by atoms with Gasteiger partial charge in [-0.3, -0.25) is 0 Å². The average molecular weight is 463 g/mol. The molecule has 0 N–H and O–H groups in total. The largest absolute Gasteiger partial charge is 0.381 e. The first-order valence-electron chi connectivity index (χ1n) is 15.3. The van der Waals surface area contributed by atoms with Crippen LogP contribution in [0.25, 0.3) is 0 Å². The second kappa shape index (κ2) is 31.4. The second-order valence-corrected chi connectivity index (χ2v) is 10.1. The molecule has 0 aliphatic rings. The molecular weight excluding hydrogens is 400 g/mol. The van der Waals surface area contributed by atoms with Crippen molar-refractivity contribution in [3.63, 3.8) is 0 Å². The summed E-state index contributed by atoms with van der Waals surface area (Å²) in [5.74, 6) is 0. The summed E-state index contributed by atoms with van der Waals surface area (Å²) >= 11 is 0. The summed E-state index contributed by atoms with van der Waals surface area (Å²) in [4.78, 5) is 0. The number of ether oxygens (including phenoxy) is 1. The van der Waals surface area contributed by atoms with Gasteiger partial charge in [0.2, 0.25) is 0 Å². The van der Waals surface area contributed by atoms with Crippen LogP contribution in [-0.4, -0.2) is 13.2 Å². The van der Waals surface area contributed by atoms with Crippen molar-refractivity contribution in [1.29, 1.82) is 0 Å². The fourth-order valence-corrected chi connectivity index (χ4v) is 4.30. The highest BCUT2D eigenvalue weighted by Crippen LogP contribution is 2.11. The van der Waals surface area contributed by atoms with Crippen molar-refractivity contribution >= 4 is 0 Å². The van der Waals surface area contributed by atoms with Gasteiger partial charge in [0, 0.05) is 13.2 Å². The Hall–Kier alpha value is -0.560. The third-order valence-electron chi connectivity index (χ3n) is 6.60. The Kier molecular flexibility index (Phi) is 30.9. The van der Waals surface area contributed by atoms with Crippen molar-refractivity contribution in [3.05, 3.63) is 24.3 Å². The maximum atomic E-state index is 5.83. The molecule has 0 spiro atoms. The molecule has 0 unspecified atom stereocenters. The van der Waals surface area contributed by atoms with Crippen molar-refractivity contribution in [2.45, 2.75) is 168 Å². The van der Waals surface area contributed by atoms with Crippen molar-refractivity contribution in [2.24, 2.45) is 0 Å². The van der Waals surface area contributed by atoms with Gasteiger partial charge in [-0.2, -0.15) is 0 Å². The lowest BCUT2D eigenvalue weighted by Crippen LogP contribution is -1.97. The van der Waals surface area contributed by atoms with E-state index < -0.39 is 0 Å². The van der Waals surface area contributed by atoms with Crippen LogP contribution in [0.5, 0.6) is 0 Å². The number of rotatable bonds is 28. The molecule has 33 heavy (non-hydrogen) atoms. The van der Waals surface area contributed by atoms with Crippen LogP contribution >= 0.6 is 0 Å². The molecule has 196 valence electrons. The van der Waals surface area contributed by atoms with Crippen LogP contribution in [0.4, 0.5) is 0 Å². The van der Waals surface area contributed by atoms with E-state index in [1.807, 2.05) is 0 Å². The van der Waals surface area contributed by atoms with Gasteiger partial charge in [-0.1, -0.05) is 128 Å². The Bertz CT molecular complexity index is 348. The molecule has 0 aromatic rings. The smallest absolute Gasteiger partial charge is 0.0466 e. The first-order chi connectivity index (χ1) is 16.4. The molecule has 0 rings (SSSR count). The van der Waals surface area contributed by atoms with Crippen LogP contribution < -0.4 is 0 Å². The molecule has 0 aromatic heterocycles. The normalized spacial score (nSPS) is 11.9. The topological polar surface area (TPSA) is 9.23 Å². The zero-order chi connectivity index (χ0) is 23.9. The van der Waals surface area contributed by atoms with E-state index in [9.17, 15) is 0 Å². The zero-order valence-electron chi connectivity index (χ0n) is 23.1. The third-order valence-corrected chi connectivity index (χ3v) is 6.60. The fraction of sp³-hybridized carbons (Fsp3) is 0.875. The van der Waals surface area contributed by atoms with Gasteiger partial charge in [0.25, 0.3) is 0 Å². The Morgan fingerprint density at radius 2 is 0.606 bits per heavy atom. The minimum Gasteiger partial charge on any atom is -0.381 e. The van der Waals surface area contributed by atoms with Crippen LogP contribution in [-0.2, 0) is 4.74 Å². The van der Waals surface area contributed by atoms with Gasteiger partial charge in [-0.15, -0.1) is 0 Å². The first-order valence-corrected chi connectivity index (χ1v) is 15.3. The van der Waals surface area contributed by atoms with Gasteiger partial charge in [0.1, 0.15) is 0 Å². The van der Waals surface area contributed by atoms with Crippen LogP contribution in [0.3, 0.4) is 0 Å². The van der Waals surface area contributed by atoms with Gasteiger partial charge >= 0.3 is 0 Å². The summed E-state index contributed by atoms with van der Waals surface area (Å²) in [5.41, 5.74) is 0. The highest BCUT2D eigenvalue weighted by molar-refractivity contribution is 4.81. The van der Waals surface area contributed by atoms with Crippen molar-refractivity contribution in [2.75, 3.05) is 13.2 Å². The quantitative estimate of drug-likeness (QED) is 0.0829. The summed E-state index contributed by atoms with van der Waals surface area (Å²) in [6, 6.07) is 0. The summed E-state index contributed by atoms with van der Waals surface area (Å²) in [6.07, 6.45) is 42.2. The fourth-order valence-electron chi connectivity index (χ4n) is 4.30. The van der Waals surface area contributed by atoms with E-state index in [1.54, 1.807) is 0 Å². The van der Waals surface area contributed by atoms with E-state index in [0.29, 0.717) is 0 Å². The molecule has 0 radical (unpaired) electrons. The SMILES string of the molecule is CCCCCC/C=C\CCCCCCCCOCCCCCCCC/C=C\CCCCCC. The van der Waals surface area contributed by atoms with Gasteiger partial charge < -0.3 is 4.74 Å². The second-order valence-electron chi connectivity index (χ2n) is 10.1. The van der Waals surface area contributed by atoms with Crippen LogP contribution in [0.15, 0.2) is 24.3 Å². The number of unbranched alkanes of at least 4 members (excludes halogenated alkanes) is 20. The van der Waals surface area contributed by atoms with Crippen LogP contribution in [0.1, 0.15) is 168 Å². The number of hydrogen-bond donors (Lipinski definition) is 0. The number of hydrogen-bond acceptors (Lipinski definition) is 1. The van der Waals surface area contributed by atoms with Gasteiger partial charge in [0.05, 0.1) is 0 Å². The molecule has 1 heteroatoms. The molecule has 0 aliphatic heterocycles. The molecule has 0 saturated carbocycles. The Labute approximate surface area is 210 Å². The molecule has 0 amide bonds. The standard InChI is InChI=1S/C32H62O/c1-3-5-7-9-11-13-15-17-19-21-23-25-27-29-31-33-32-30-28-26-24-22-20-18-16-14-12-10-8-6-4-2/h13-16H,3-12,17-32H2,1-2H3/b15-13-,16-14-. The minimum absolute atomic E-state index is 0.978. The molecule has 1 nitrogen and oxygen atoms in total. The van der Waals surface area contributed by atoms with E-state index in [4.69, 9.17) is 4.74 Å². The molecule has 0 fully saturated rings. The van der Waals surface area contributed by atoms with E-state index >= 15 is 0 Å².